The standard InChI is InChI=1S/C49H47F5O4/c1-33-29-37(39-15-23-43(45(50)31-39)35-11-19-41(55-3)20-12-35)17-25-47(33)56-27-9-7-5-4-6-8-10-28-57-48-26-18-38(30-34(48)2)40-16-24-44(46(51)32-40)36-13-21-42(22-14-36)58-49(52,53)54/h11-26,29-32H,4-10,27-28H2,1-3H3. The van der Waals surface area contributed by atoms with Crippen LogP contribution >= 0.6 is 0 Å². The molecule has 0 saturated heterocycles. The predicted octanol–water partition coefficient (Wildman–Crippen LogP) is 14.3. The number of ether oxygens (including phenoxy) is 4. The van der Waals surface area contributed by atoms with Crippen molar-refractivity contribution in [1.29, 1.82) is 0 Å². The number of hydrogen-bond donors (Lipinski definition) is 0. The van der Waals surface area contributed by atoms with Crippen molar-refractivity contribution in [1.82, 2.24) is 0 Å². The van der Waals surface area contributed by atoms with Crippen LogP contribution in [0.15, 0.2) is 121 Å². The maximum Gasteiger partial charge on any atom is 0.573 e. The van der Waals surface area contributed by atoms with Crippen LogP contribution in [0.1, 0.15) is 56.1 Å². The number of benzene rings is 6. The van der Waals surface area contributed by atoms with Crippen molar-refractivity contribution in [3.63, 3.8) is 0 Å². The summed E-state index contributed by atoms with van der Waals surface area (Å²) in [5.74, 6) is 1.26. The summed E-state index contributed by atoms with van der Waals surface area (Å²) in [6.45, 7) is 5.24. The monoisotopic (exact) mass is 794 g/mol. The smallest absolute Gasteiger partial charge is 0.497 e. The van der Waals surface area contributed by atoms with E-state index in [-0.39, 0.29) is 17.1 Å². The first-order chi connectivity index (χ1) is 28.0. The summed E-state index contributed by atoms with van der Waals surface area (Å²) in [5, 5.41) is 0. The van der Waals surface area contributed by atoms with Crippen LogP contribution in [-0.2, 0) is 0 Å². The Kier molecular flexibility index (Phi) is 14.1. The fourth-order valence-electron chi connectivity index (χ4n) is 6.90. The first kappa shape index (κ1) is 41.8. The van der Waals surface area contributed by atoms with Gasteiger partial charge in [-0.1, -0.05) is 92.8 Å². The van der Waals surface area contributed by atoms with Gasteiger partial charge in [0.2, 0.25) is 0 Å². The molecule has 302 valence electrons. The van der Waals surface area contributed by atoms with E-state index < -0.39 is 12.2 Å². The lowest BCUT2D eigenvalue weighted by atomic mass is 9.98. The first-order valence-electron chi connectivity index (χ1n) is 19.5. The van der Waals surface area contributed by atoms with Gasteiger partial charge in [-0.15, -0.1) is 13.2 Å². The second-order valence-electron chi connectivity index (χ2n) is 14.3. The van der Waals surface area contributed by atoms with Crippen LogP contribution in [0.25, 0.3) is 44.5 Å². The summed E-state index contributed by atoms with van der Waals surface area (Å²) >= 11 is 0. The summed E-state index contributed by atoms with van der Waals surface area (Å²) in [7, 11) is 1.61. The van der Waals surface area contributed by atoms with Crippen molar-refractivity contribution < 1.29 is 40.9 Å². The van der Waals surface area contributed by atoms with Crippen LogP contribution in [0.4, 0.5) is 22.0 Å². The summed E-state index contributed by atoms with van der Waals surface area (Å²) in [4.78, 5) is 0. The Morgan fingerprint density at radius 3 is 1.17 bits per heavy atom. The maximum absolute atomic E-state index is 15.1. The molecule has 6 rings (SSSR count). The lowest BCUT2D eigenvalue weighted by molar-refractivity contribution is -0.274. The Morgan fingerprint density at radius 2 is 0.793 bits per heavy atom. The summed E-state index contributed by atoms with van der Waals surface area (Å²) in [6, 6.07) is 34.4. The highest BCUT2D eigenvalue weighted by Crippen LogP contribution is 2.34. The molecule has 6 aromatic carbocycles. The van der Waals surface area contributed by atoms with Gasteiger partial charge in [0.05, 0.1) is 20.3 Å². The van der Waals surface area contributed by atoms with Crippen molar-refractivity contribution in [2.24, 2.45) is 0 Å². The van der Waals surface area contributed by atoms with Crippen LogP contribution in [0.5, 0.6) is 23.0 Å². The molecule has 0 heterocycles. The van der Waals surface area contributed by atoms with E-state index in [4.69, 9.17) is 14.2 Å². The number of hydrogen-bond acceptors (Lipinski definition) is 4. The average molecular weight is 795 g/mol. The van der Waals surface area contributed by atoms with Gasteiger partial charge in [0.25, 0.3) is 0 Å². The molecule has 0 aromatic heterocycles. The van der Waals surface area contributed by atoms with Crippen molar-refractivity contribution >= 4 is 0 Å². The Labute approximate surface area is 337 Å². The van der Waals surface area contributed by atoms with Gasteiger partial charge in [0, 0.05) is 11.1 Å². The molecule has 6 aromatic rings. The molecule has 0 spiro atoms. The van der Waals surface area contributed by atoms with E-state index in [1.54, 1.807) is 25.3 Å². The Bertz CT molecular complexity index is 2270. The minimum Gasteiger partial charge on any atom is -0.497 e. The highest BCUT2D eigenvalue weighted by atomic mass is 19.4. The van der Waals surface area contributed by atoms with Gasteiger partial charge in [-0.3, -0.25) is 0 Å². The minimum absolute atomic E-state index is 0.271. The number of alkyl halides is 3. The van der Waals surface area contributed by atoms with Crippen molar-refractivity contribution in [2.45, 2.75) is 65.2 Å². The van der Waals surface area contributed by atoms with Crippen LogP contribution < -0.4 is 18.9 Å². The molecule has 58 heavy (non-hydrogen) atoms. The molecule has 0 saturated carbocycles. The molecule has 0 radical (unpaired) electrons. The first-order valence-corrected chi connectivity index (χ1v) is 19.5. The van der Waals surface area contributed by atoms with Crippen molar-refractivity contribution in [3.05, 3.63) is 144 Å². The molecule has 0 aliphatic heterocycles. The Balaban J connectivity index is 0.856. The number of halogens is 5. The van der Waals surface area contributed by atoms with Crippen molar-refractivity contribution in [2.75, 3.05) is 20.3 Å². The van der Waals surface area contributed by atoms with Gasteiger partial charge >= 0.3 is 6.36 Å². The molecule has 0 aliphatic carbocycles. The minimum atomic E-state index is -4.79. The summed E-state index contributed by atoms with van der Waals surface area (Å²) < 4.78 is 88.8. The second-order valence-corrected chi connectivity index (χ2v) is 14.3. The molecule has 0 bridgehead atoms. The molecular weight excluding hydrogens is 748 g/mol. The van der Waals surface area contributed by atoms with Crippen molar-refractivity contribution in [3.8, 4) is 67.5 Å². The molecule has 4 nitrogen and oxygen atoms in total. The number of unbranched alkanes of at least 4 members (excludes halogenated alkanes) is 6. The van der Waals surface area contributed by atoms with E-state index in [0.717, 1.165) is 95.6 Å². The van der Waals surface area contributed by atoms with Crippen LogP contribution in [-0.4, -0.2) is 26.7 Å². The molecule has 9 heteroatoms. The third kappa shape index (κ3) is 11.4. The van der Waals surface area contributed by atoms with Gasteiger partial charge in [-0.25, -0.2) is 8.78 Å². The highest BCUT2D eigenvalue weighted by Gasteiger charge is 2.31. The van der Waals surface area contributed by atoms with Crippen LogP contribution in [0, 0.1) is 25.5 Å². The van der Waals surface area contributed by atoms with E-state index in [2.05, 4.69) is 4.74 Å². The van der Waals surface area contributed by atoms with Gasteiger partial charge in [0.1, 0.15) is 34.6 Å². The zero-order valence-corrected chi connectivity index (χ0v) is 32.9. The predicted molar refractivity (Wildman–Crippen MR) is 221 cm³/mol. The fraction of sp³-hybridized carbons (Fsp3) is 0.265. The normalized spacial score (nSPS) is 11.4. The third-order valence-corrected chi connectivity index (χ3v) is 10.1. The average Bonchev–Trinajstić information content (AvgIpc) is 3.20. The SMILES string of the molecule is COc1ccc(-c2ccc(-c3ccc(OCCCCCCCCCOc4ccc(-c5ccc(-c6ccc(OC(F)(F)F)cc6)c(F)c5)cc4C)c(C)c3)cc2F)cc1. The van der Waals surface area contributed by atoms with E-state index in [1.807, 2.05) is 86.6 Å². The third-order valence-electron chi connectivity index (χ3n) is 10.1. The van der Waals surface area contributed by atoms with Gasteiger partial charge in [-0.05, 0) is 132 Å². The second kappa shape index (κ2) is 19.5. The van der Waals surface area contributed by atoms with Gasteiger partial charge < -0.3 is 18.9 Å². The molecule has 0 unspecified atom stereocenters. The van der Waals surface area contributed by atoms with Gasteiger partial charge in [-0.2, -0.15) is 0 Å². The Morgan fingerprint density at radius 1 is 0.431 bits per heavy atom. The topological polar surface area (TPSA) is 36.9 Å². The largest absolute Gasteiger partial charge is 0.573 e. The Hall–Kier alpha value is -5.83. The van der Waals surface area contributed by atoms with E-state index in [1.165, 1.54) is 30.3 Å². The quantitative estimate of drug-likeness (QED) is 0.0641. The molecule has 0 atom stereocenters. The number of aryl methyl sites for hydroxylation is 2. The zero-order chi connectivity index (χ0) is 41.1. The lowest BCUT2D eigenvalue weighted by Gasteiger charge is -2.12. The highest BCUT2D eigenvalue weighted by molar-refractivity contribution is 5.73. The van der Waals surface area contributed by atoms with Crippen LogP contribution in [0.2, 0.25) is 0 Å². The maximum atomic E-state index is 15.1. The molecule has 0 fully saturated rings. The van der Waals surface area contributed by atoms with E-state index in [9.17, 15) is 13.2 Å². The zero-order valence-electron chi connectivity index (χ0n) is 32.9. The fourth-order valence-corrected chi connectivity index (χ4v) is 6.90. The van der Waals surface area contributed by atoms with Crippen LogP contribution in [0.3, 0.4) is 0 Å². The number of methoxy groups -OCH3 is 1. The summed E-state index contributed by atoms with van der Waals surface area (Å²) in [6.07, 6.45) is 2.76. The van der Waals surface area contributed by atoms with Gasteiger partial charge in [0.15, 0.2) is 0 Å². The molecule has 0 amide bonds. The molecular formula is C49H47F5O4. The van der Waals surface area contributed by atoms with E-state index in [0.29, 0.717) is 29.9 Å². The molecule has 0 aliphatic rings. The lowest BCUT2D eigenvalue weighted by Crippen LogP contribution is -2.16. The van der Waals surface area contributed by atoms with E-state index >= 15 is 8.78 Å². The number of rotatable bonds is 18. The molecule has 0 N–H and O–H groups in total. The summed E-state index contributed by atoms with van der Waals surface area (Å²) in [5.41, 5.74) is 7.33.